The van der Waals surface area contributed by atoms with Crippen LogP contribution in [0, 0.1) is 6.57 Å². The van der Waals surface area contributed by atoms with E-state index in [1.54, 1.807) is 0 Å². The first-order chi connectivity index (χ1) is 5.38. The highest BCUT2D eigenvalue weighted by Gasteiger charge is 1.97. The first-order valence-corrected chi connectivity index (χ1v) is 3.84. The molecule has 0 spiro atoms. The van der Waals surface area contributed by atoms with Crippen LogP contribution in [0.3, 0.4) is 0 Å². The maximum atomic E-state index is 6.89. The molecule has 1 nitrogen and oxygen atoms in total. The summed E-state index contributed by atoms with van der Waals surface area (Å²) in [5.74, 6) is 0. The minimum absolute atomic E-state index is 0.800. The van der Waals surface area contributed by atoms with Crippen molar-refractivity contribution in [2.24, 2.45) is 0 Å². The van der Waals surface area contributed by atoms with Crippen molar-refractivity contribution < 1.29 is 0 Å². The van der Waals surface area contributed by atoms with E-state index in [1.807, 2.05) is 24.3 Å². The predicted molar refractivity (Wildman–Crippen MR) is 46.7 cm³/mol. The monoisotopic (exact) mass is 145 g/mol. The molecule has 1 heteroatoms. The van der Waals surface area contributed by atoms with E-state index in [0.29, 0.717) is 0 Å². The largest absolute Gasteiger partial charge is 0.238 e. The third kappa shape index (κ3) is 1.81. The molecule has 0 aromatic heterocycles. The van der Waals surface area contributed by atoms with Crippen molar-refractivity contribution in [3.63, 3.8) is 0 Å². The van der Waals surface area contributed by atoms with Crippen LogP contribution in [-0.4, -0.2) is 0 Å². The van der Waals surface area contributed by atoms with Crippen molar-refractivity contribution in [1.82, 2.24) is 0 Å². The molecule has 0 aliphatic heterocycles. The Morgan fingerprint density at radius 3 is 2.73 bits per heavy atom. The lowest BCUT2D eigenvalue weighted by Crippen LogP contribution is -1.81. The molecule has 1 aromatic carbocycles. The van der Waals surface area contributed by atoms with Crippen molar-refractivity contribution in [2.75, 3.05) is 0 Å². The number of para-hydroxylation sites is 1. The molecule has 56 valence electrons. The predicted octanol–water partition coefficient (Wildman–Crippen LogP) is 3.19. The Labute approximate surface area is 67.5 Å². The second-order valence-corrected chi connectivity index (χ2v) is 2.49. The van der Waals surface area contributed by atoms with Crippen LogP contribution in [-0.2, 0) is 6.42 Å². The summed E-state index contributed by atoms with van der Waals surface area (Å²) in [6.07, 6.45) is 2.12. The molecule has 0 saturated carbocycles. The molecule has 0 unspecified atom stereocenters. The fraction of sp³-hybridized carbons (Fsp3) is 0.300. The number of hydrogen-bond donors (Lipinski definition) is 0. The van der Waals surface area contributed by atoms with Crippen molar-refractivity contribution in [1.29, 1.82) is 0 Å². The van der Waals surface area contributed by atoms with E-state index in [4.69, 9.17) is 6.57 Å². The summed E-state index contributed by atoms with van der Waals surface area (Å²) in [6.45, 7) is 9.01. The average molecular weight is 145 g/mol. The summed E-state index contributed by atoms with van der Waals surface area (Å²) in [4.78, 5) is 3.44. The normalized spacial score (nSPS) is 9.09. The zero-order chi connectivity index (χ0) is 8.10. The van der Waals surface area contributed by atoms with Gasteiger partial charge in [-0.05, 0) is 12.0 Å². The molecule has 0 atom stereocenters. The molecule has 0 aliphatic rings. The summed E-state index contributed by atoms with van der Waals surface area (Å²) >= 11 is 0. The van der Waals surface area contributed by atoms with E-state index in [1.165, 1.54) is 5.56 Å². The van der Waals surface area contributed by atoms with Crippen molar-refractivity contribution in [3.05, 3.63) is 41.2 Å². The van der Waals surface area contributed by atoms with Gasteiger partial charge in [-0.1, -0.05) is 37.6 Å². The Bertz CT molecular complexity index is 270. The Morgan fingerprint density at radius 2 is 2.09 bits per heavy atom. The van der Waals surface area contributed by atoms with Gasteiger partial charge in [0.2, 0.25) is 0 Å². The molecular formula is C10H11N. The second-order valence-electron chi connectivity index (χ2n) is 2.49. The summed E-state index contributed by atoms with van der Waals surface area (Å²) in [5, 5.41) is 0. The molecule has 0 N–H and O–H groups in total. The standard InChI is InChI=1S/C10H11N/c1-3-6-9-7-4-5-8-10(9)11-2/h4-5,7-8H,3,6H2,1H3. The zero-order valence-electron chi connectivity index (χ0n) is 6.67. The van der Waals surface area contributed by atoms with Gasteiger partial charge in [-0.2, -0.15) is 0 Å². The molecule has 0 radical (unpaired) electrons. The fourth-order valence-corrected chi connectivity index (χ4v) is 1.10. The van der Waals surface area contributed by atoms with Crippen molar-refractivity contribution in [2.45, 2.75) is 19.8 Å². The van der Waals surface area contributed by atoms with Crippen LogP contribution in [0.5, 0.6) is 0 Å². The third-order valence-electron chi connectivity index (χ3n) is 1.63. The van der Waals surface area contributed by atoms with E-state index in [2.05, 4.69) is 11.8 Å². The maximum absolute atomic E-state index is 6.89. The van der Waals surface area contributed by atoms with E-state index in [0.717, 1.165) is 18.5 Å². The lowest BCUT2D eigenvalue weighted by Gasteiger charge is -1.99. The Balaban J connectivity index is 2.95. The van der Waals surface area contributed by atoms with Crippen LogP contribution in [0.25, 0.3) is 4.85 Å². The van der Waals surface area contributed by atoms with Crippen LogP contribution >= 0.6 is 0 Å². The molecule has 0 fully saturated rings. The maximum Gasteiger partial charge on any atom is 0.190 e. The molecule has 0 aliphatic carbocycles. The molecule has 1 aromatic rings. The summed E-state index contributed by atoms with van der Waals surface area (Å²) < 4.78 is 0. The Morgan fingerprint density at radius 1 is 1.36 bits per heavy atom. The number of hydrogen-bond acceptors (Lipinski definition) is 0. The lowest BCUT2D eigenvalue weighted by atomic mass is 10.1. The first kappa shape index (κ1) is 7.81. The highest BCUT2D eigenvalue weighted by Crippen LogP contribution is 2.19. The number of benzene rings is 1. The minimum Gasteiger partial charge on any atom is -0.238 e. The fourth-order valence-electron chi connectivity index (χ4n) is 1.10. The van der Waals surface area contributed by atoms with Crippen LogP contribution in [0.15, 0.2) is 24.3 Å². The van der Waals surface area contributed by atoms with Gasteiger partial charge in [-0.3, -0.25) is 0 Å². The van der Waals surface area contributed by atoms with Crippen molar-refractivity contribution >= 4 is 5.69 Å². The third-order valence-corrected chi connectivity index (χ3v) is 1.63. The van der Waals surface area contributed by atoms with E-state index in [9.17, 15) is 0 Å². The lowest BCUT2D eigenvalue weighted by molar-refractivity contribution is 0.925. The molecule has 11 heavy (non-hydrogen) atoms. The van der Waals surface area contributed by atoms with Crippen LogP contribution in [0.1, 0.15) is 18.9 Å². The summed E-state index contributed by atoms with van der Waals surface area (Å²) in [7, 11) is 0. The van der Waals surface area contributed by atoms with Crippen LogP contribution < -0.4 is 0 Å². The van der Waals surface area contributed by atoms with Gasteiger partial charge in [0, 0.05) is 0 Å². The van der Waals surface area contributed by atoms with Crippen LogP contribution in [0.2, 0.25) is 0 Å². The molecule has 1 rings (SSSR count). The highest BCUT2D eigenvalue weighted by molar-refractivity contribution is 5.51. The van der Waals surface area contributed by atoms with Gasteiger partial charge in [-0.15, -0.1) is 0 Å². The average Bonchev–Trinajstić information content (AvgIpc) is 2.06. The van der Waals surface area contributed by atoms with E-state index in [-0.39, 0.29) is 0 Å². The summed E-state index contributed by atoms with van der Waals surface area (Å²) in [6, 6.07) is 7.79. The van der Waals surface area contributed by atoms with E-state index >= 15 is 0 Å². The smallest absolute Gasteiger partial charge is 0.190 e. The van der Waals surface area contributed by atoms with Gasteiger partial charge in [0.05, 0.1) is 6.57 Å². The van der Waals surface area contributed by atoms with Crippen molar-refractivity contribution in [3.8, 4) is 0 Å². The SMILES string of the molecule is [C-]#[N+]c1ccccc1CCC. The van der Waals surface area contributed by atoms with Gasteiger partial charge in [0.1, 0.15) is 0 Å². The van der Waals surface area contributed by atoms with Gasteiger partial charge in [-0.25, -0.2) is 4.85 Å². The molecule has 0 heterocycles. The Hall–Kier alpha value is -1.29. The van der Waals surface area contributed by atoms with Gasteiger partial charge < -0.3 is 0 Å². The zero-order valence-corrected chi connectivity index (χ0v) is 6.67. The highest BCUT2D eigenvalue weighted by atomic mass is 14.6. The minimum atomic E-state index is 0.800. The molecule has 0 amide bonds. The van der Waals surface area contributed by atoms with E-state index < -0.39 is 0 Å². The second kappa shape index (κ2) is 3.78. The molecule has 0 bridgehead atoms. The Kier molecular flexibility index (Phi) is 2.68. The topological polar surface area (TPSA) is 4.36 Å². The van der Waals surface area contributed by atoms with Gasteiger partial charge in [0.15, 0.2) is 5.69 Å². The number of rotatable bonds is 2. The summed E-state index contributed by atoms with van der Waals surface area (Å²) in [5.41, 5.74) is 1.97. The van der Waals surface area contributed by atoms with Gasteiger partial charge >= 0.3 is 0 Å². The molecular weight excluding hydrogens is 134 g/mol. The van der Waals surface area contributed by atoms with Crippen LogP contribution in [0.4, 0.5) is 5.69 Å². The van der Waals surface area contributed by atoms with Gasteiger partial charge in [0.25, 0.3) is 0 Å². The number of aryl methyl sites for hydroxylation is 1. The first-order valence-electron chi connectivity index (χ1n) is 3.84. The number of nitrogens with zero attached hydrogens (tertiary/aromatic N) is 1. The molecule has 0 saturated heterocycles. The quantitative estimate of drug-likeness (QED) is 0.563.